The lowest BCUT2D eigenvalue weighted by atomic mass is 10.2. The molecule has 1 atom stereocenters. The number of nitrogens with one attached hydrogen (secondary N) is 1. The first-order valence-electron chi connectivity index (χ1n) is 6.61. The summed E-state index contributed by atoms with van der Waals surface area (Å²) in [6, 6.07) is 13.6. The number of aliphatic hydroxyl groups is 1. The maximum absolute atomic E-state index is 9.97. The van der Waals surface area contributed by atoms with Crippen LogP contribution in [0.5, 0.6) is 5.75 Å². The first-order chi connectivity index (χ1) is 10.0. The van der Waals surface area contributed by atoms with Crippen molar-refractivity contribution in [2.75, 3.05) is 18.5 Å². The number of halogens is 2. The molecule has 0 fully saturated rings. The second-order valence-corrected chi connectivity index (χ2v) is 6.56. The molecule has 0 saturated heterocycles. The fraction of sp³-hybridized carbons (Fsp3) is 0.250. The van der Waals surface area contributed by atoms with E-state index in [9.17, 15) is 5.11 Å². The largest absolute Gasteiger partial charge is 0.491 e. The van der Waals surface area contributed by atoms with Gasteiger partial charge in [-0.05, 0) is 58.7 Å². The predicted octanol–water partition coefficient (Wildman–Crippen LogP) is 4.37. The molecule has 112 valence electrons. The van der Waals surface area contributed by atoms with Crippen molar-refractivity contribution in [3.63, 3.8) is 0 Å². The minimum Gasteiger partial charge on any atom is -0.491 e. The van der Waals surface area contributed by atoms with Gasteiger partial charge in [0.15, 0.2) is 0 Å². The van der Waals surface area contributed by atoms with Crippen LogP contribution < -0.4 is 10.1 Å². The summed E-state index contributed by atoms with van der Waals surface area (Å²) in [4.78, 5) is 0. The lowest BCUT2D eigenvalue weighted by Crippen LogP contribution is -2.26. The van der Waals surface area contributed by atoms with Crippen molar-refractivity contribution in [3.05, 3.63) is 57.0 Å². The van der Waals surface area contributed by atoms with Crippen LogP contribution in [0.25, 0.3) is 0 Å². The van der Waals surface area contributed by atoms with E-state index in [2.05, 4.69) is 37.2 Å². The molecule has 0 aliphatic carbocycles. The highest BCUT2D eigenvalue weighted by Gasteiger charge is 2.07. The summed E-state index contributed by atoms with van der Waals surface area (Å²) in [5, 5.41) is 13.2. The van der Waals surface area contributed by atoms with E-state index in [1.807, 2.05) is 49.4 Å². The van der Waals surface area contributed by atoms with E-state index in [0.717, 1.165) is 20.4 Å². The Labute approximate surface area is 141 Å². The molecule has 0 saturated carbocycles. The van der Waals surface area contributed by atoms with Gasteiger partial charge < -0.3 is 15.2 Å². The normalized spacial score (nSPS) is 12.0. The summed E-state index contributed by atoms with van der Waals surface area (Å²) in [5.74, 6) is 0.736. The van der Waals surface area contributed by atoms with Gasteiger partial charge in [-0.1, -0.05) is 28.1 Å². The average molecular weight is 415 g/mol. The third-order valence-electron chi connectivity index (χ3n) is 2.89. The van der Waals surface area contributed by atoms with E-state index >= 15 is 0 Å². The zero-order valence-corrected chi connectivity index (χ0v) is 14.8. The van der Waals surface area contributed by atoms with Gasteiger partial charge in [-0.15, -0.1) is 0 Å². The minimum atomic E-state index is -0.586. The number of hydrogen-bond acceptors (Lipinski definition) is 3. The van der Waals surface area contributed by atoms with E-state index in [-0.39, 0.29) is 6.61 Å². The van der Waals surface area contributed by atoms with Gasteiger partial charge in [0.05, 0.1) is 0 Å². The standard InChI is InChI=1S/C16H17Br2NO2/c1-11-5-6-16(15(18)7-11)19-9-13(20)10-21-14-4-2-3-12(17)8-14/h2-8,13,19-20H,9-10H2,1H3. The van der Waals surface area contributed by atoms with Crippen molar-refractivity contribution in [1.29, 1.82) is 0 Å². The van der Waals surface area contributed by atoms with Gasteiger partial charge in [0.25, 0.3) is 0 Å². The number of benzene rings is 2. The van der Waals surface area contributed by atoms with Crippen molar-refractivity contribution < 1.29 is 9.84 Å². The Morgan fingerprint density at radius 2 is 2.00 bits per heavy atom. The van der Waals surface area contributed by atoms with Gasteiger partial charge in [0, 0.05) is 21.2 Å². The number of aryl methyl sites for hydroxylation is 1. The van der Waals surface area contributed by atoms with Crippen LogP contribution in [0, 0.1) is 6.92 Å². The van der Waals surface area contributed by atoms with Crippen molar-refractivity contribution in [2.45, 2.75) is 13.0 Å². The van der Waals surface area contributed by atoms with E-state index in [0.29, 0.717) is 6.54 Å². The van der Waals surface area contributed by atoms with E-state index in [1.165, 1.54) is 5.56 Å². The molecule has 0 spiro atoms. The lowest BCUT2D eigenvalue weighted by Gasteiger charge is -2.15. The Bertz CT molecular complexity index is 605. The number of rotatable bonds is 6. The summed E-state index contributed by atoms with van der Waals surface area (Å²) in [5.41, 5.74) is 2.15. The monoisotopic (exact) mass is 413 g/mol. The molecular formula is C16H17Br2NO2. The van der Waals surface area contributed by atoms with Gasteiger partial charge in [0.2, 0.25) is 0 Å². The fourth-order valence-electron chi connectivity index (χ4n) is 1.80. The van der Waals surface area contributed by atoms with E-state index in [4.69, 9.17) is 4.74 Å². The molecule has 2 rings (SSSR count). The topological polar surface area (TPSA) is 41.5 Å². The first kappa shape index (κ1) is 16.3. The van der Waals surface area contributed by atoms with E-state index in [1.54, 1.807) is 0 Å². The molecule has 1 unspecified atom stereocenters. The zero-order valence-electron chi connectivity index (χ0n) is 11.6. The molecule has 0 aliphatic rings. The minimum absolute atomic E-state index is 0.243. The van der Waals surface area contributed by atoms with Crippen LogP contribution in [0.15, 0.2) is 51.4 Å². The van der Waals surface area contributed by atoms with Crippen molar-refractivity contribution in [1.82, 2.24) is 0 Å². The van der Waals surface area contributed by atoms with Crippen LogP contribution in [0.2, 0.25) is 0 Å². The Kier molecular flexibility index (Phi) is 6.08. The molecule has 0 bridgehead atoms. The summed E-state index contributed by atoms with van der Waals surface area (Å²) in [7, 11) is 0. The zero-order chi connectivity index (χ0) is 15.2. The van der Waals surface area contributed by atoms with Gasteiger partial charge in [-0.3, -0.25) is 0 Å². The highest BCUT2D eigenvalue weighted by Crippen LogP contribution is 2.23. The summed E-state index contributed by atoms with van der Waals surface area (Å²) < 4.78 is 7.50. The number of aliphatic hydroxyl groups excluding tert-OH is 1. The summed E-state index contributed by atoms with van der Waals surface area (Å²) in [6.45, 7) is 2.71. The molecule has 0 aromatic heterocycles. The van der Waals surface area contributed by atoms with E-state index < -0.39 is 6.10 Å². The summed E-state index contributed by atoms with van der Waals surface area (Å²) >= 11 is 6.88. The van der Waals surface area contributed by atoms with Crippen LogP contribution in [0.1, 0.15) is 5.56 Å². The molecule has 0 radical (unpaired) electrons. The molecule has 21 heavy (non-hydrogen) atoms. The molecule has 5 heteroatoms. The van der Waals surface area contributed by atoms with Crippen molar-refractivity contribution >= 4 is 37.5 Å². The first-order valence-corrected chi connectivity index (χ1v) is 8.19. The smallest absolute Gasteiger partial charge is 0.120 e. The Morgan fingerprint density at radius 3 is 2.71 bits per heavy atom. The van der Waals surface area contributed by atoms with Crippen molar-refractivity contribution in [2.24, 2.45) is 0 Å². The summed E-state index contributed by atoms with van der Waals surface area (Å²) in [6.07, 6.45) is -0.586. The number of ether oxygens (including phenoxy) is 1. The third-order valence-corrected chi connectivity index (χ3v) is 4.04. The maximum Gasteiger partial charge on any atom is 0.120 e. The highest BCUT2D eigenvalue weighted by atomic mass is 79.9. The average Bonchev–Trinajstić information content (AvgIpc) is 2.44. The molecule has 2 aromatic rings. The van der Waals surface area contributed by atoms with Crippen molar-refractivity contribution in [3.8, 4) is 5.75 Å². The van der Waals surface area contributed by atoms with Crippen LogP contribution in [-0.2, 0) is 0 Å². The van der Waals surface area contributed by atoms with Crippen LogP contribution in [-0.4, -0.2) is 24.4 Å². The van der Waals surface area contributed by atoms with Crippen LogP contribution in [0.3, 0.4) is 0 Å². The highest BCUT2D eigenvalue weighted by molar-refractivity contribution is 9.10. The third kappa shape index (κ3) is 5.34. The van der Waals surface area contributed by atoms with Gasteiger partial charge in [-0.2, -0.15) is 0 Å². The molecule has 0 aliphatic heterocycles. The Morgan fingerprint density at radius 1 is 1.19 bits per heavy atom. The molecular weight excluding hydrogens is 398 g/mol. The van der Waals surface area contributed by atoms with Gasteiger partial charge >= 0.3 is 0 Å². The Hall–Kier alpha value is -1.04. The second kappa shape index (κ2) is 7.82. The lowest BCUT2D eigenvalue weighted by molar-refractivity contribution is 0.117. The molecule has 0 amide bonds. The quantitative estimate of drug-likeness (QED) is 0.737. The van der Waals surface area contributed by atoms with Crippen LogP contribution >= 0.6 is 31.9 Å². The molecule has 2 aromatic carbocycles. The molecule has 3 nitrogen and oxygen atoms in total. The van der Waals surface area contributed by atoms with Crippen LogP contribution in [0.4, 0.5) is 5.69 Å². The molecule has 2 N–H and O–H groups in total. The van der Waals surface area contributed by atoms with Gasteiger partial charge in [0.1, 0.15) is 18.5 Å². The Balaban J connectivity index is 1.80. The number of hydrogen-bond donors (Lipinski definition) is 2. The molecule has 0 heterocycles. The SMILES string of the molecule is Cc1ccc(NCC(O)COc2cccc(Br)c2)c(Br)c1. The maximum atomic E-state index is 9.97. The number of anilines is 1. The fourth-order valence-corrected chi connectivity index (χ4v) is 2.81. The second-order valence-electron chi connectivity index (χ2n) is 4.79. The van der Waals surface area contributed by atoms with Gasteiger partial charge in [-0.25, -0.2) is 0 Å². The predicted molar refractivity (Wildman–Crippen MR) is 93.0 cm³/mol.